The number of Topliss-reactive ketones (excluding diaryl/α,β-unsaturated/α-hetero) is 1. The van der Waals surface area contributed by atoms with Crippen LogP contribution in [0, 0.1) is 10.1 Å². The van der Waals surface area contributed by atoms with Gasteiger partial charge in [-0.05, 0) is 31.2 Å². The first-order valence-electron chi connectivity index (χ1n) is 8.30. The Morgan fingerprint density at radius 1 is 1.25 bits per heavy atom. The van der Waals surface area contributed by atoms with Crippen molar-refractivity contribution in [2.24, 2.45) is 0 Å². The number of imide groups is 1. The van der Waals surface area contributed by atoms with Crippen molar-refractivity contribution in [3.8, 4) is 11.5 Å². The van der Waals surface area contributed by atoms with Gasteiger partial charge in [0.1, 0.15) is 5.75 Å². The zero-order valence-corrected chi connectivity index (χ0v) is 15.1. The molecule has 144 valence electrons. The second kappa shape index (κ2) is 7.47. The maximum atomic E-state index is 12.8. The Morgan fingerprint density at radius 2 is 1.96 bits per heavy atom. The van der Waals surface area contributed by atoms with Crippen LogP contribution in [-0.4, -0.2) is 47.2 Å². The van der Waals surface area contributed by atoms with Gasteiger partial charge in [0.05, 0.1) is 24.1 Å². The summed E-state index contributed by atoms with van der Waals surface area (Å²) in [5, 5.41) is 11.2. The number of ether oxygens (including phenoxy) is 2. The van der Waals surface area contributed by atoms with Crippen molar-refractivity contribution < 1.29 is 28.8 Å². The lowest BCUT2D eigenvalue weighted by atomic mass is 10.1. The minimum Gasteiger partial charge on any atom is -0.490 e. The summed E-state index contributed by atoms with van der Waals surface area (Å²) in [5.74, 6) is -1.71. The molecular weight excluding hydrogens is 368 g/mol. The molecule has 3 rings (SSSR count). The van der Waals surface area contributed by atoms with E-state index in [4.69, 9.17) is 9.47 Å². The van der Waals surface area contributed by atoms with Gasteiger partial charge in [0, 0.05) is 11.6 Å². The number of rotatable bonds is 5. The third-order valence-corrected chi connectivity index (χ3v) is 4.28. The molecule has 9 heteroatoms. The highest BCUT2D eigenvalue weighted by Gasteiger charge is 2.35. The molecule has 1 aliphatic heterocycles. The van der Waals surface area contributed by atoms with E-state index in [2.05, 4.69) is 0 Å². The molecule has 0 bridgehead atoms. The van der Waals surface area contributed by atoms with Crippen molar-refractivity contribution in [3.05, 3.63) is 63.7 Å². The Kier molecular flexibility index (Phi) is 5.08. The summed E-state index contributed by atoms with van der Waals surface area (Å²) in [6, 6.07) is 10.0. The Hall–Kier alpha value is -3.75. The number of fused-ring (bicyclic) bond motifs is 1. The lowest BCUT2D eigenvalue weighted by molar-refractivity contribution is -0.385. The van der Waals surface area contributed by atoms with E-state index in [-0.39, 0.29) is 28.3 Å². The SMILES string of the molecule is COc1ccc(C(=O)CN2C(=O)c3ccccc3O[C@H](C)C2=O)cc1[N+](=O)[O-]. The lowest BCUT2D eigenvalue weighted by Crippen LogP contribution is -2.44. The minimum absolute atomic E-state index is 0.000533. The minimum atomic E-state index is -0.967. The summed E-state index contributed by atoms with van der Waals surface area (Å²) in [6.45, 7) is 0.913. The number of nitrogens with zero attached hydrogens (tertiary/aromatic N) is 2. The second-order valence-corrected chi connectivity index (χ2v) is 6.05. The van der Waals surface area contributed by atoms with Gasteiger partial charge in [-0.15, -0.1) is 0 Å². The van der Waals surface area contributed by atoms with Crippen molar-refractivity contribution >= 4 is 23.3 Å². The monoisotopic (exact) mass is 384 g/mol. The fourth-order valence-electron chi connectivity index (χ4n) is 2.84. The molecule has 0 saturated heterocycles. The Labute approximate surface area is 159 Å². The topological polar surface area (TPSA) is 116 Å². The smallest absolute Gasteiger partial charge is 0.311 e. The van der Waals surface area contributed by atoms with Gasteiger partial charge in [0.25, 0.3) is 11.8 Å². The zero-order valence-electron chi connectivity index (χ0n) is 15.1. The summed E-state index contributed by atoms with van der Waals surface area (Å²) < 4.78 is 10.4. The molecule has 0 spiro atoms. The normalized spacial score (nSPS) is 16.1. The van der Waals surface area contributed by atoms with E-state index in [1.165, 1.54) is 32.2 Å². The highest BCUT2D eigenvalue weighted by molar-refractivity contribution is 6.12. The summed E-state index contributed by atoms with van der Waals surface area (Å²) in [6.07, 6.45) is -0.967. The van der Waals surface area contributed by atoms with Crippen molar-refractivity contribution in [3.63, 3.8) is 0 Å². The molecule has 2 amide bonds. The van der Waals surface area contributed by atoms with Crippen LogP contribution in [0.5, 0.6) is 11.5 Å². The first kappa shape index (κ1) is 19.0. The van der Waals surface area contributed by atoms with E-state index in [0.717, 1.165) is 11.0 Å². The average Bonchev–Trinajstić information content (AvgIpc) is 2.78. The number of ketones is 1. The third kappa shape index (κ3) is 3.41. The number of amides is 2. The molecule has 28 heavy (non-hydrogen) atoms. The van der Waals surface area contributed by atoms with Gasteiger partial charge in [-0.1, -0.05) is 12.1 Å². The molecule has 9 nitrogen and oxygen atoms in total. The van der Waals surface area contributed by atoms with Gasteiger partial charge < -0.3 is 9.47 Å². The van der Waals surface area contributed by atoms with Gasteiger partial charge in [0.15, 0.2) is 17.6 Å². The molecule has 0 aromatic heterocycles. The van der Waals surface area contributed by atoms with Gasteiger partial charge >= 0.3 is 5.69 Å². The number of para-hydroxylation sites is 1. The summed E-state index contributed by atoms with van der Waals surface area (Å²) in [7, 11) is 1.28. The number of nitro groups is 1. The molecule has 0 unspecified atom stereocenters. The van der Waals surface area contributed by atoms with E-state index in [0.29, 0.717) is 0 Å². The van der Waals surface area contributed by atoms with Gasteiger partial charge in [-0.25, -0.2) is 0 Å². The van der Waals surface area contributed by atoms with Crippen LogP contribution in [0.4, 0.5) is 5.69 Å². The third-order valence-electron chi connectivity index (χ3n) is 4.28. The number of benzene rings is 2. The fourth-order valence-corrected chi connectivity index (χ4v) is 2.84. The molecule has 1 aliphatic rings. The van der Waals surface area contributed by atoms with E-state index < -0.39 is 35.2 Å². The fraction of sp³-hybridized carbons (Fsp3) is 0.211. The van der Waals surface area contributed by atoms with Crippen molar-refractivity contribution in [1.82, 2.24) is 4.90 Å². The van der Waals surface area contributed by atoms with Crippen LogP contribution in [0.15, 0.2) is 42.5 Å². The molecule has 0 N–H and O–H groups in total. The predicted molar refractivity (Wildman–Crippen MR) is 96.6 cm³/mol. The maximum absolute atomic E-state index is 12.8. The number of hydrogen-bond acceptors (Lipinski definition) is 7. The summed E-state index contributed by atoms with van der Waals surface area (Å²) in [5.41, 5.74) is -0.239. The van der Waals surface area contributed by atoms with E-state index in [9.17, 15) is 24.5 Å². The number of methoxy groups -OCH3 is 1. The number of nitro benzene ring substituents is 1. The highest BCUT2D eigenvalue weighted by atomic mass is 16.6. The van der Waals surface area contributed by atoms with Gasteiger partial charge in [0.2, 0.25) is 0 Å². The Morgan fingerprint density at radius 3 is 2.64 bits per heavy atom. The molecule has 1 heterocycles. The second-order valence-electron chi connectivity index (χ2n) is 6.05. The van der Waals surface area contributed by atoms with Crippen LogP contribution in [-0.2, 0) is 4.79 Å². The number of carbonyl (C=O) groups excluding carboxylic acids is 3. The van der Waals surface area contributed by atoms with E-state index in [1.54, 1.807) is 18.2 Å². The quantitative estimate of drug-likeness (QED) is 0.336. The van der Waals surface area contributed by atoms with Crippen LogP contribution in [0.25, 0.3) is 0 Å². The molecule has 0 radical (unpaired) electrons. The van der Waals surface area contributed by atoms with Crippen LogP contribution in [0.1, 0.15) is 27.6 Å². The zero-order chi connectivity index (χ0) is 20.4. The first-order chi connectivity index (χ1) is 13.3. The highest BCUT2D eigenvalue weighted by Crippen LogP contribution is 2.29. The Balaban J connectivity index is 1.93. The summed E-state index contributed by atoms with van der Waals surface area (Å²) >= 11 is 0. The molecule has 0 aliphatic carbocycles. The lowest BCUT2D eigenvalue weighted by Gasteiger charge is -2.19. The molecule has 2 aromatic carbocycles. The maximum Gasteiger partial charge on any atom is 0.311 e. The summed E-state index contributed by atoms with van der Waals surface area (Å²) in [4.78, 5) is 49.3. The molecular formula is C19H16N2O7. The number of hydrogen-bond donors (Lipinski definition) is 0. The van der Waals surface area contributed by atoms with Gasteiger partial charge in [-0.3, -0.25) is 29.4 Å². The first-order valence-corrected chi connectivity index (χ1v) is 8.30. The Bertz CT molecular complexity index is 986. The number of carbonyl (C=O) groups is 3. The predicted octanol–water partition coefficient (Wildman–Crippen LogP) is 2.24. The van der Waals surface area contributed by atoms with Crippen LogP contribution < -0.4 is 9.47 Å². The molecule has 2 aromatic rings. The van der Waals surface area contributed by atoms with Crippen LogP contribution in [0.3, 0.4) is 0 Å². The molecule has 0 saturated carbocycles. The van der Waals surface area contributed by atoms with Crippen molar-refractivity contribution in [1.29, 1.82) is 0 Å². The van der Waals surface area contributed by atoms with E-state index >= 15 is 0 Å². The van der Waals surface area contributed by atoms with Crippen LogP contribution >= 0.6 is 0 Å². The average molecular weight is 384 g/mol. The standard InChI is InChI=1S/C19H16N2O7/c1-11-18(23)20(19(24)13-5-3-4-6-16(13)28-11)10-15(22)12-7-8-17(27-2)14(9-12)21(25)26/h3-9,11H,10H2,1-2H3/t11-/m1/s1. The van der Waals surface area contributed by atoms with E-state index in [1.807, 2.05) is 0 Å². The largest absolute Gasteiger partial charge is 0.490 e. The molecule has 1 atom stereocenters. The van der Waals surface area contributed by atoms with Crippen LogP contribution in [0.2, 0.25) is 0 Å². The van der Waals surface area contributed by atoms with Crippen molar-refractivity contribution in [2.75, 3.05) is 13.7 Å². The van der Waals surface area contributed by atoms with Crippen molar-refractivity contribution in [2.45, 2.75) is 13.0 Å². The molecule has 0 fully saturated rings. The van der Waals surface area contributed by atoms with Gasteiger partial charge in [-0.2, -0.15) is 0 Å².